The first kappa shape index (κ1) is 19.9. The molecule has 1 heterocycles. The highest BCUT2D eigenvalue weighted by Gasteiger charge is 2.24. The fourth-order valence-corrected chi connectivity index (χ4v) is 3.98. The number of sulfone groups is 1. The monoisotopic (exact) mass is 368 g/mol. The van der Waals surface area contributed by atoms with Crippen molar-refractivity contribution in [2.45, 2.75) is 36.8 Å². The average Bonchev–Trinajstić information content (AvgIpc) is 2.62. The van der Waals surface area contributed by atoms with E-state index in [1.54, 1.807) is 32.0 Å². The number of hydrogen-bond acceptors (Lipinski definition) is 5. The van der Waals surface area contributed by atoms with Gasteiger partial charge in [0, 0.05) is 19.6 Å². The lowest BCUT2D eigenvalue weighted by Crippen LogP contribution is -2.37. The zero-order valence-electron chi connectivity index (χ0n) is 15.0. The van der Waals surface area contributed by atoms with Gasteiger partial charge in [-0.1, -0.05) is 12.1 Å². The molecule has 1 aromatic rings. The fourth-order valence-electron chi connectivity index (χ4n) is 2.74. The second-order valence-corrected chi connectivity index (χ2v) is 8.98. The van der Waals surface area contributed by atoms with Gasteiger partial charge < -0.3 is 10.1 Å². The topological polar surface area (TPSA) is 75.7 Å². The van der Waals surface area contributed by atoms with Gasteiger partial charge >= 0.3 is 0 Å². The maximum atomic E-state index is 12.4. The van der Waals surface area contributed by atoms with Crippen molar-refractivity contribution in [2.24, 2.45) is 0 Å². The normalized spacial score (nSPS) is 16.1. The van der Waals surface area contributed by atoms with Crippen LogP contribution in [0.25, 0.3) is 0 Å². The van der Waals surface area contributed by atoms with Crippen molar-refractivity contribution in [1.29, 1.82) is 0 Å². The molecule has 0 radical (unpaired) electrons. The van der Waals surface area contributed by atoms with Crippen LogP contribution in [-0.4, -0.2) is 63.9 Å². The summed E-state index contributed by atoms with van der Waals surface area (Å²) in [5.41, 5.74) is 0.226. The summed E-state index contributed by atoms with van der Waals surface area (Å²) in [4.78, 5) is 14.9. The van der Waals surface area contributed by atoms with Crippen LogP contribution >= 0.6 is 0 Å². The van der Waals surface area contributed by atoms with E-state index in [9.17, 15) is 13.2 Å². The maximum Gasteiger partial charge on any atom is 0.252 e. The molecule has 1 N–H and O–H groups in total. The Morgan fingerprint density at radius 1 is 1.20 bits per heavy atom. The molecule has 6 nitrogen and oxygen atoms in total. The van der Waals surface area contributed by atoms with E-state index < -0.39 is 15.1 Å². The maximum absolute atomic E-state index is 12.4. The summed E-state index contributed by atoms with van der Waals surface area (Å²) >= 11 is 0. The lowest BCUT2D eigenvalue weighted by molar-refractivity contribution is 0.0372. The molecule has 1 aliphatic rings. The van der Waals surface area contributed by atoms with Gasteiger partial charge in [-0.3, -0.25) is 9.69 Å². The smallest absolute Gasteiger partial charge is 0.252 e. The molecule has 140 valence electrons. The second kappa shape index (κ2) is 9.31. The highest BCUT2D eigenvalue weighted by atomic mass is 32.2. The lowest BCUT2D eigenvalue weighted by Gasteiger charge is -2.26. The lowest BCUT2D eigenvalue weighted by atomic mass is 10.2. The SMILES string of the molecule is CC(C)S(=O)(=O)c1ccccc1C(=O)NCCCCN1CCOCC1. The van der Waals surface area contributed by atoms with Crippen LogP contribution in [0.4, 0.5) is 0 Å². The molecule has 0 saturated carbocycles. The van der Waals surface area contributed by atoms with Crippen LogP contribution < -0.4 is 5.32 Å². The van der Waals surface area contributed by atoms with Gasteiger partial charge in [-0.15, -0.1) is 0 Å². The third-order valence-corrected chi connectivity index (χ3v) is 6.56. The predicted octanol–water partition coefficient (Wildman–Crippen LogP) is 1.71. The van der Waals surface area contributed by atoms with Crippen LogP contribution in [0, 0.1) is 0 Å². The number of nitrogens with one attached hydrogen (secondary N) is 1. The number of nitrogens with zero attached hydrogens (tertiary/aromatic N) is 1. The highest BCUT2D eigenvalue weighted by molar-refractivity contribution is 7.92. The zero-order chi connectivity index (χ0) is 18.3. The molecular weight excluding hydrogens is 340 g/mol. The molecule has 0 bridgehead atoms. The Hall–Kier alpha value is -1.44. The molecule has 0 atom stereocenters. The van der Waals surface area contributed by atoms with Gasteiger partial charge in [0.15, 0.2) is 9.84 Å². The summed E-state index contributed by atoms with van der Waals surface area (Å²) in [7, 11) is -3.48. The minimum absolute atomic E-state index is 0.107. The summed E-state index contributed by atoms with van der Waals surface area (Å²) in [6, 6.07) is 6.40. The van der Waals surface area contributed by atoms with Crippen LogP contribution in [0.3, 0.4) is 0 Å². The minimum Gasteiger partial charge on any atom is -0.379 e. The number of carbonyl (C=O) groups excluding carboxylic acids is 1. The zero-order valence-corrected chi connectivity index (χ0v) is 15.8. The van der Waals surface area contributed by atoms with Crippen molar-refractivity contribution in [3.63, 3.8) is 0 Å². The van der Waals surface area contributed by atoms with Crippen LogP contribution in [0.15, 0.2) is 29.2 Å². The molecular formula is C18H28N2O4S. The van der Waals surface area contributed by atoms with E-state index in [0.29, 0.717) is 6.54 Å². The first-order valence-electron chi connectivity index (χ1n) is 8.84. The first-order chi connectivity index (χ1) is 11.9. The van der Waals surface area contributed by atoms with Crippen molar-refractivity contribution < 1.29 is 17.9 Å². The van der Waals surface area contributed by atoms with E-state index in [1.165, 1.54) is 6.07 Å². The quantitative estimate of drug-likeness (QED) is 0.707. The molecule has 1 aromatic carbocycles. The van der Waals surface area contributed by atoms with Crippen molar-refractivity contribution in [3.05, 3.63) is 29.8 Å². The van der Waals surface area contributed by atoms with Crippen LogP contribution in [0.2, 0.25) is 0 Å². The van der Waals surface area contributed by atoms with Crippen molar-refractivity contribution in [2.75, 3.05) is 39.4 Å². The summed E-state index contributed by atoms with van der Waals surface area (Å²) in [6.45, 7) is 8.29. The molecule has 1 aliphatic heterocycles. The number of carbonyl (C=O) groups is 1. The van der Waals surface area contributed by atoms with Crippen molar-refractivity contribution >= 4 is 15.7 Å². The number of morpholine rings is 1. The fraction of sp³-hybridized carbons (Fsp3) is 0.611. The average molecular weight is 368 g/mol. The van der Waals surface area contributed by atoms with Gasteiger partial charge in [0.1, 0.15) is 0 Å². The molecule has 0 spiro atoms. The Balaban J connectivity index is 1.85. The number of rotatable bonds is 8. The highest BCUT2D eigenvalue weighted by Crippen LogP contribution is 2.20. The molecule has 1 saturated heterocycles. The summed E-state index contributed by atoms with van der Waals surface area (Å²) in [6.07, 6.45) is 1.86. The third kappa shape index (κ3) is 5.52. The minimum atomic E-state index is -3.48. The Kier molecular flexibility index (Phi) is 7.40. The number of benzene rings is 1. The van der Waals surface area contributed by atoms with Crippen LogP contribution in [0.1, 0.15) is 37.0 Å². The van der Waals surface area contributed by atoms with E-state index >= 15 is 0 Å². The van der Waals surface area contributed by atoms with Crippen LogP contribution in [0.5, 0.6) is 0 Å². The Bertz CT molecular complexity index is 667. The molecule has 0 unspecified atom stereocenters. The Morgan fingerprint density at radius 3 is 2.56 bits per heavy atom. The molecule has 25 heavy (non-hydrogen) atoms. The second-order valence-electron chi connectivity index (χ2n) is 6.51. The predicted molar refractivity (Wildman–Crippen MR) is 97.6 cm³/mol. The summed E-state index contributed by atoms with van der Waals surface area (Å²) in [5, 5.41) is 2.28. The Morgan fingerprint density at radius 2 is 1.88 bits per heavy atom. The van der Waals surface area contributed by atoms with Crippen molar-refractivity contribution in [1.82, 2.24) is 10.2 Å². The molecule has 0 aliphatic carbocycles. The number of amides is 1. The van der Waals surface area contributed by atoms with Gasteiger partial charge in [-0.2, -0.15) is 0 Å². The largest absolute Gasteiger partial charge is 0.379 e. The number of hydrogen-bond donors (Lipinski definition) is 1. The van der Waals surface area contributed by atoms with E-state index in [0.717, 1.165) is 45.7 Å². The van der Waals surface area contributed by atoms with E-state index in [4.69, 9.17) is 4.74 Å². The first-order valence-corrected chi connectivity index (χ1v) is 10.4. The van der Waals surface area contributed by atoms with Gasteiger partial charge in [-0.05, 0) is 45.4 Å². The summed E-state index contributed by atoms with van der Waals surface area (Å²) in [5.74, 6) is -0.328. The van der Waals surface area contributed by atoms with Gasteiger partial charge in [-0.25, -0.2) is 8.42 Å². The molecule has 1 amide bonds. The number of ether oxygens (including phenoxy) is 1. The summed E-state index contributed by atoms with van der Waals surface area (Å²) < 4.78 is 30.1. The van der Waals surface area contributed by atoms with E-state index in [2.05, 4.69) is 10.2 Å². The van der Waals surface area contributed by atoms with Crippen LogP contribution in [-0.2, 0) is 14.6 Å². The molecule has 0 aromatic heterocycles. The van der Waals surface area contributed by atoms with Gasteiger partial charge in [0.25, 0.3) is 5.91 Å². The number of unbranched alkanes of at least 4 members (excludes halogenated alkanes) is 1. The van der Waals surface area contributed by atoms with Gasteiger partial charge in [0.05, 0.1) is 28.9 Å². The standard InChI is InChI=1S/C18H28N2O4S/c1-15(2)25(22,23)17-8-4-3-7-16(17)18(21)19-9-5-6-10-20-11-13-24-14-12-20/h3-4,7-8,15H,5-6,9-14H2,1-2H3,(H,19,21). The van der Waals surface area contributed by atoms with Gasteiger partial charge in [0.2, 0.25) is 0 Å². The van der Waals surface area contributed by atoms with E-state index in [-0.39, 0.29) is 16.4 Å². The van der Waals surface area contributed by atoms with E-state index in [1.807, 2.05) is 0 Å². The van der Waals surface area contributed by atoms with Crippen molar-refractivity contribution in [3.8, 4) is 0 Å². The molecule has 1 fully saturated rings. The molecule has 7 heteroatoms. The third-order valence-electron chi connectivity index (χ3n) is 4.35. The molecule has 2 rings (SSSR count). The Labute approximate surface area is 150 Å².